The van der Waals surface area contributed by atoms with E-state index in [2.05, 4.69) is 74.7 Å². The molecule has 0 radical (unpaired) electrons. The Bertz CT molecular complexity index is 1630. The Kier molecular flexibility index (Phi) is 59.2. The van der Waals surface area contributed by atoms with Gasteiger partial charge in [-0.15, -0.1) is 0 Å². The van der Waals surface area contributed by atoms with E-state index >= 15 is 0 Å². The van der Waals surface area contributed by atoms with Crippen LogP contribution in [-0.2, 0) is 23.8 Å². The Labute approximate surface area is 528 Å². The summed E-state index contributed by atoms with van der Waals surface area (Å²) >= 11 is 0. The lowest BCUT2D eigenvalue weighted by atomic mass is 9.99. The lowest BCUT2D eigenvalue weighted by Gasteiger charge is -2.41. The molecule has 502 valence electrons. The fourth-order valence-electron chi connectivity index (χ4n) is 11.4. The third kappa shape index (κ3) is 49.2. The zero-order chi connectivity index (χ0) is 62.4. The molecular weight excluding hydrogens is 1070 g/mol. The Hall–Kier alpha value is -2.64. The number of unbranched alkanes of at least 4 members (excludes halogenated alkanes) is 41. The smallest absolute Gasteiger partial charge is 0.306 e. The van der Waals surface area contributed by atoms with Gasteiger partial charge in [-0.2, -0.15) is 0 Å². The molecule has 0 bridgehead atoms. The van der Waals surface area contributed by atoms with E-state index in [-0.39, 0.29) is 13.0 Å². The summed E-state index contributed by atoms with van der Waals surface area (Å²) in [4.78, 5) is 26.7. The number of aliphatic hydroxyl groups excluding tert-OH is 5. The van der Waals surface area contributed by atoms with Gasteiger partial charge in [-0.3, -0.25) is 9.59 Å². The fourth-order valence-corrected chi connectivity index (χ4v) is 11.4. The molecule has 8 unspecified atom stereocenters. The van der Waals surface area contributed by atoms with Crippen LogP contribution in [0.5, 0.6) is 0 Å². The van der Waals surface area contributed by atoms with Crippen LogP contribution in [0.4, 0.5) is 0 Å². The first-order valence-corrected chi connectivity index (χ1v) is 36.6. The van der Waals surface area contributed by atoms with E-state index in [1.807, 2.05) is 6.08 Å². The topological polar surface area (TPSA) is 175 Å². The van der Waals surface area contributed by atoms with Crippen molar-refractivity contribution in [1.82, 2.24) is 5.32 Å². The van der Waals surface area contributed by atoms with E-state index in [0.717, 1.165) is 70.6 Å². The molecule has 1 rings (SSSR count). The maximum Gasteiger partial charge on any atom is 0.306 e. The lowest BCUT2D eigenvalue weighted by molar-refractivity contribution is -0.305. The first-order chi connectivity index (χ1) is 42.2. The SMILES string of the molecule is CCCCC/C=C\C/C=C\C/C=C\CCCCCCCCCCCCCCC(=O)OC1C(OCC(NC(=O)C(O)CCCCCCCCCCCC/C=C/CCCCCCCC)C(O)/C=C/CCCCCCCCCCCC)OC(CO)C(O)C1O. The summed E-state index contributed by atoms with van der Waals surface area (Å²) in [5.41, 5.74) is 0. The molecule has 1 aliphatic rings. The minimum absolute atomic E-state index is 0.121. The normalized spacial score (nSPS) is 18.6. The van der Waals surface area contributed by atoms with Crippen LogP contribution < -0.4 is 5.32 Å². The highest BCUT2D eigenvalue weighted by molar-refractivity contribution is 5.80. The van der Waals surface area contributed by atoms with Crippen molar-refractivity contribution in [1.29, 1.82) is 0 Å². The zero-order valence-electron chi connectivity index (χ0n) is 55.9. The molecule has 0 aromatic carbocycles. The van der Waals surface area contributed by atoms with Crippen molar-refractivity contribution in [2.24, 2.45) is 0 Å². The second-order valence-corrected chi connectivity index (χ2v) is 25.3. The van der Waals surface area contributed by atoms with Crippen LogP contribution in [0.15, 0.2) is 60.8 Å². The minimum atomic E-state index is -1.62. The van der Waals surface area contributed by atoms with Crippen molar-refractivity contribution in [2.45, 2.75) is 391 Å². The van der Waals surface area contributed by atoms with Gasteiger partial charge in [0, 0.05) is 6.42 Å². The van der Waals surface area contributed by atoms with Crippen LogP contribution in [0, 0.1) is 0 Å². The summed E-state index contributed by atoms with van der Waals surface area (Å²) in [7, 11) is 0. The number of allylic oxidation sites excluding steroid dienone is 9. The highest BCUT2D eigenvalue weighted by atomic mass is 16.7. The summed E-state index contributed by atoms with van der Waals surface area (Å²) in [6, 6.07) is -1.03. The Morgan fingerprint density at radius 3 is 1.23 bits per heavy atom. The van der Waals surface area contributed by atoms with Crippen LogP contribution in [-0.4, -0.2) is 99.6 Å². The van der Waals surface area contributed by atoms with Crippen molar-refractivity contribution >= 4 is 11.9 Å². The third-order valence-corrected chi connectivity index (χ3v) is 17.1. The number of hydrogen-bond donors (Lipinski definition) is 6. The average Bonchev–Trinajstić information content (AvgIpc) is 3.39. The van der Waals surface area contributed by atoms with Crippen LogP contribution >= 0.6 is 0 Å². The number of esters is 1. The maximum atomic E-state index is 13.5. The molecule has 6 N–H and O–H groups in total. The fraction of sp³-hybridized carbons (Fsp3) is 0.840. The Morgan fingerprint density at radius 2 is 0.802 bits per heavy atom. The van der Waals surface area contributed by atoms with Crippen molar-refractivity contribution < 1.29 is 49.3 Å². The highest BCUT2D eigenvalue weighted by Crippen LogP contribution is 2.26. The van der Waals surface area contributed by atoms with Gasteiger partial charge >= 0.3 is 5.97 Å². The molecule has 1 saturated heterocycles. The van der Waals surface area contributed by atoms with E-state index in [1.54, 1.807) is 6.08 Å². The number of hydrogen-bond acceptors (Lipinski definition) is 10. The largest absolute Gasteiger partial charge is 0.454 e. The quantitative estimate of drug-likeness (QED) is 0.0195. The van der Waals surface area contributed by atoms with Gasteiger partial charge in [0.05, 0.1) is 25.4 Å². The summed E-state index contributed by atoms with van der Waals surface area (Å²) < 4.78 is 17.7. The van der Waals surface area contributed by atoms with Crippen molar-refractivity contribution in [3.8, 4) is 0 Å². The standard InChI is InChI=1S/C75H137NO10/c1-4-7-10-13-16-19-22-25-27-29-31-33-34-35-36-37-39-41-43-45-48-51-54-57-60-63-70(80)86-73-72(82)71(81)69(64-77)85-75(73)84-65-66(67(78)61-58-55-52-49-46-24-21-18-15-12-9-6-3)76-74(83)68(79)62-59-56-53-50-47-44-42-40-38-32-30-28-26-23-20-17-14-11-8-5-2/h16,19,25-28,31,33,58,61,66-69,71-73,75,77-79,81-82H,4-15,17-18,20-24,29-30,32,34-57,59-60,62-65H2,1-3H3,(H,76,83)/b19-16-,27-25-,28-26+,33-31-,61-58+. The zero-order valence-corrected chi connectivity index (χ0v) is 55.9. The van der Waals surface area contributed by atoms with Crippen LogP contribution in [0.2, 0.25) is 0 Å². The molecule has 86 heavy (non-hydrogen) atoms. The van der Waals surface area contributed by atoms with Gasteiger partial charge in [-0.05, 0) is 89.9 Å². The molecule has 0 aromatic heterocycles. The third-order valence-electron chi connectivity index (χ3n) is 17.1. The van der Waals surface area contributed by atoms with Crippen molar-refractivity contribution in [2.75, 3.05) is 13.2 Å². The number of carbonyl (C=O) groups is 2. The van der Waals surface area contributed by atoms with Crippen LogP contribution in [0.25, 0.3) is 0 Å². The molecule has 0 spiro atoms. The van der Waals surface area contributed by atoms with Gasteiger partial charge in [0.1, 0.15) is 24.4 Å². The number of ether oxygens (including phenoxy) is 3. The minimum Gasteiger partial charge on any atom is -0.454 e. The van der Waals surface area contributed by atoms with Gasteiger partial charge in [0.15, 0.2) is 12.4 Å². The van der Waals surface area contributed by atoms with Crippen LogP contribution in [0.3, 0.4) is 0 Å². The molecule has 8 atom stereocenters. The molecule has 1 amide bonds. The second-order valence-electron chi connectivity index (χ2n) is 25.3. The molecule has 1 aliphatic heterocycles. The lowest BCUT2D eigenvalue weighted by Crippen LogP contribution is -2.61. The molecular formula is C75H137NO10. The summed E-state index contributed by atoms with van der Waals surface area (Å²) in [6.45, 7) is 5.80. The van der Waals surface area contributed by atoms with Gasteiger partial charge < -0.3 is 45.1 Å². The predicted octanol–water partition coefficient (Wildman–Crippen LogP) is 18.9. The summed E-state index contributed by atoms with van der Waals surface area (Å²) in [6.07, 6.45) is 69.7. The molecule has 11 nitrogen and oxygen atoms in total. The van der Waals surface area contributed by atoms with Gasteiger partial charge in [-0.1, -0.05) is 306 Å². The van der Waals surface area contributed by atoms with Gasteiger partial charge in [0.25, 0.3) is 0 Å². The monoisotopic (exact) mass is 1210 g/mol. The highest BCUT2D eigenvalue weighted by Gasteiger charge is 2.47. The van der Waals surface area contributed by atoms with E-state index < -0.39 is 67.4 Å². The maximum absolute atomic E-state index is 13.5. The Morgan fingerprint density at radius 1 is 0.453 bits per heavy atom. The molecule has 11 heteroatoms. The van der Waals surface area contributed by atoms with E-state index in [0.29, 0.717) is 19.3 Å². The summed E-state index contributed by atoms with van der Waals surface area (Å²) in [5.74, 6) is -1.19. The van der Waals surface area contributed by atoms with Crippen molar-refractivity contribution in [3.63, 3.8) is 0 Å². The molecule has 0 saturated carbocycles. The second kappa shape index (κ2) is 62.5. The molecule has 1 heterocycles. The number of aliphatic hydroxyl groups is 5. The van der Waals surface area contributed by atoms with Crippen LogP contribution in [0.1, 0.15) is 342 Å². The molecule has 0 aromatic rings. The van der Waals surface area contributed by atoms with E-state index in [1.165, 1.54) is 225 Å². The first kappa shape index (κ1) is 81.4. The number of nitrogens with one attached hydrogen (secondary N) is 1. The molecule has 1 fully saturated rings. The van der Waals surface area contributed by atoms with E-state index in [4.69, 9.17) is 14.2 Å². The van der Waals surface area contributed by atoms with E-state index in [9.17, 15) is 35.1 Å². The number of carbonyl (C=O) groups excluding carboxylic acids is 2. The first-order valence-electron chi connectivity index (χ1n) is 36.6. The summed E-state index contributed by atoms with van der Waals surface area (Å²) in [5, 5.41) is 57.3. The van der Waals surface area contributed by atoms with Crippen molar-refractivity contribution in [3.05, 3.63) is 60.8 Å². The number of rotatable bonds is 63. The average molecular weight is 1210 g/mol. The van der Waals surface area contributed by atoms with Gasteiger partial charge in [0.2, 0.25) is 5.91 Å². The van der Waals surface area contributed by atoms with Gasteiger partial charge in [-0.25, -0.2) is 0 Å². The Balaban J connectivity index is 2.55. The predicted molar refractivity (Wildman–Crippen MR) is 361 cm³/mol. The number of amides is 1. The molecule has 0 aliphatic carbocycles.